The summed E-state index contributed by atoms with van der Waals surface area (Å²) in [6.45, 7) is 4.87. The first-order valence-corrected chi connectivity index (χ1v) is 4.33. The fraction of sp³-hybridized carbons (Fsp3) is 0.625. The van der Waals surface area contributed by atoms with Crippen LogP contribution >= 0.6 is 0 Å². The molecule has 0 unspecified atom stereocenters. The molecule has 1 aliphatic heterocycles. The standard InChI is InChI=1S/C8H13N3O2/c1-6-10-7(9)8(13-6)11-2-4-12-5-3-11/h2-5,9H2,1H3. The quantitative estimate of drug-likeness (QED) is 0.682. The topological polar surface area (TPSA) is 64.5 Å². The second kappa shape index (κ2) is 3.26. The second-order valence-electron chi connectivity index (χ2n) is 3.02. The Balaban J connectivity index is 2.18. The lowest BCUT2D eigenvalue weighted by Gasteiger charge is -2.26. The molecule has 72 valence electrons. The van der Waals surface area contributed by atoms with E-state index < -0.39 is 0 Å². The number of oxazole rings is 1. The number of hydrogen-bond acceptors (Lipinski definition) is 5. The largest absolute Gasteiger partial charge is 0.423 e. The highest BCUT2D eigenvalue weighted by Crippen LogP contribution is 2.24. The van der Waals surface area contributed by atoms with E-state index in [1.807, 2.05) is 0 Å². The molecular formula is C8H13N3O2. The summed E-state index contributed by atoms with van der Waals surface area (Å²) in [5, 5.41) is 0. The normalized spacial score (nSPS) is 17.8. The monoisotopic (exact) mass is 183 g/mol. The minimum atomic E-state index is 0.472. The Morgan fingerprint density at radius 1 is 1.38 bits per heavy atom. The van der Waals surface area contributed by atoms with E-state index in [0.717, 1.165) is 26.3 Å². The average Bonchev–Trinajstić information content (AvgIpc) is 2.47. The zero-order chi connectivity index (χ0) is 9.26. The zero-order valence-electron chi connectivity index (χ0n) is 7.62. The van der Waals surface area contributed by atoms with Crippen molar-refractivity contribution in [2.24, 2.45) is 0 Å². The first-order valence-electron chi connectivity index (χ1n) is 4.33. The molecule has 1 saturated heterocycles. The highest BCUT2D eigenvalue weighted by Gasteiger charge is 2.18. The lowest BCUT2D eigenvalue weighted by atomic mass is 10.4. The van der Waals surface area contributed by atoms with Crippen LogP contribution in [0.25, 0.3) is 0 Å². The zero-order valence-corrected chi connectivity index (χ0v) is 7.62. The van der Waals surface area contributed by atoms with Gasteiger partial charge in [-0.3, -0.25) is 0 Å². The smallest absolute Gasteiger partial charge is 0.240 e. The van der Waals surface area contributed by atoms with Gasteiger partial charge in [0.15, 0.2) is 11.7 Å². The molecule has 2 rings (SSSR count). The Bertz CT molecular complexity index is 292. The number of morpholine rings is 1. The number of aromatic nitrogens is 1. The third-order valence-electron chi connectivity index (χ3n) is 2.04. The molecule has 0 aromatic carbocycles. The Kier molecular flexibility index (Phi) is 2.10. The first-order chi connectivity index (χ1) is 6.27. The molecule has 0 saturated carbocycles. The van der Waals surface area contributed by atoms with Gasteiger partial charge in [0.25, 0.3) is 0 Å². The summed E-state index contributed by atoms with van der Waals surface area (Å²) in [7, 11) is 0. The van der Waals surface area contributed by atoms with Crippen LogP contribution in [-0.2, 0) is 4.74 Å². The fourth-order valence-electron chi connectivity index (χ4n) is 1.43. The molecule has 1 aliphatic rings. The maximum Gasteiger partial charge on any atom is 0.240 e. The van der Waals surface area contributed by atoms with Gasteiger partial charge in [-0.05, 0) is 0 Å². The van der Waals surface area contributed by atoms with Crippen LogP contribution in [0.4, 0.5) is 11.7 Å². The van der Waals surface area contributed by atoms with E-state index in [1.54, 1.807) is 6.92 Å². The maximum absolute atomic E-state index is 5.68. The summed E-state index contributed by atoms with van der Waals surface area (Å²) in [6, 6.07) is 0. The fourth-order valence-corrected chi connectivity index (χ4v) is 1.43. The molecule has 1 fully saturated rings. The number of rotatable bonds is 1. The molecule has 0 spiro atoms. The molecule has 5 heteroatoms. The SMILES string of the molecule is Cc1nc(N)c(N2CCOCC2)o1. The van der Waals surface area contributed by atoms with Gasteiger partial charge in [-0.15, -0.1) is 0 Å². The van der Waals surface area contributed by atoms with E-state index >= 15 is 0 Å². The van der Waals surface area contributed by atoms with Crippen molar-refractivity contribution in [3.63, 3.8) is 0 Å². The van der Waals surface area contributed by atoms with Crippen LogP contribution in [0.15, 0.2) is 4.42 Å². The van der Waals surface area contributed by atoms with Gasteiger partial charge in [0.05, 0.1) is 13.2 Å². The van der Waals surface area contributed by atoms with Crippen LogP contribution in [0.1, 0.15) is 5.89 Å². The van der Waals surface area contributed by atoms with E-state index in [1.165, 1.54) is 0 Å². The number of aryl methyl sites for hydroxylation is 1. The molecular weight excluding hydrogens is 170 g/mol. The van der Waals surface area contributed by atoms with Crippen LogP contribution in [-0.4, -0.2) is 31.3 Å². The van der Waals surface area contributed by atoms with Crippen molar-refractivity contribution in [1.82, 2.24) is 4.98 Å². The molecule has 2 heterocycles. The van der Waals surface area contributed by atoms with E-state index in [-0.39, 0.29) is 0 Å². The predicted molar refractivity (Wildman–Crippen MR) is 48.7 cm³/mol. The highest BCUT2D eigenvalue weighted by molar-refractivity contribution is 5.56. The number of ether oxygens (including phenoxy) is 1. The highest BCUT2D eigenvalue weighted by atomic mass is 16.5. The summed E-state index contributed by atoms with van der Waals surface area (Å²) in [4.78, 5) is 6.07. The molecule has 1 aromatic heterocycles. The van der Waals surface area contributed by atoms with Crippen LogP contribution in [0, 0.1) is 6.92 Å². The maximum atomic E-state index is 5.68. The average molecular weight is 183 g/mol. The summed E-state index contributed by atoms with van der Waals surface area (Å²) < 4.78 is 10.6. The molecule has 0 radical (unpaired) electrons. The minimum absolute atomic E-state index is 0.472. The Morgan fingerprint density at radius 3 is 2.62 bits per heavy atom. The van der Waals surface area contributed by atoms with E-state index in [9.17, 15) is 0 Å². The third kappa shape index (κ3) is 1.60. The van der Waals surface area contributed by atoms with Crippen molar-refractivity contribution in [2.75, 3.05) is 36.9 Å². The van der Waals surface area contributed by atoms with Crippen molar-refractivity contribution in [1.29, 1.82) is 0 Å². The minimum Gasteiger partial charge on any atom is -0.423 e. The molecule has 2 N–H and O–H groups in total. The molecule has 0 bridgehead atoms. The van der Waals surface area contributed by atoms with Gasteiger partial charge in [-0.25, -0.2) is 0 Å². The Morgan fingerprint density at radius 2 is 2.08 bits per heavy atom. The van der Waals surface area contributed by atoms with Gasteiger partial charge in [0.2, 0.25) is 5.88 Å². The molecule has 1 aromatic rings. The van der Waals surface area contributed by atoms with Crippen LogP contribution in [0.2, 0.25) is 0 Å². The van der Waals surface area contributed by atoms with Crippen molar-refractivity contribution in [3.8, 4) is 0 Å². The number of anilines is 2. The van der Waals surface area contributed by atoms with Gasteiger partial charge in [0, 0.05) is 20.0 Å². The molecule has 13 heavy (non-hydrogen) atoms. The number of nitrogen functional groups attached to an aromatic ring is 1. The van der Waals surface area contributed by atoms with Crippen LogP contribution in [0.5, 0.6) is 0 Å². The lowest BCUT2D eigenvalue weighted by Crippen LogP contribution is -2.36. The van der Waals surface area contributed by atoms with Gasteiger partial charge in [-0.1, -0.05) is 0 Å². The molecule has 5 nitrogen and oxygen atoms in total. The number of nitrogens with two attached hydrogens (primary N) is 1. The summed E-state index contributed by atoms with van der Waals surface area (Å²) in [6.07, 6.45) is 0. The van der Waals surface area contributed by atoms with Crippen molar-refractivity contribution in [2.45, 2.75) is 6.92 Å². The van der Waals surface area contributed by atoms with Gasteiger partial charge < -0.3 is 19.8 Å². The van der Waals surface area contributed by atoms with Gasteiger partial charge >= 0.3 is 0 Å². The van der Waals surface area contributed by atoms with Gasteiger partial charge in [-0.2, -0.15) is 4.98 Å². The van der Waals surface area contributed by atoms with E-state index in [0.29, 0.717) is 17.6 Å². The Labute approximate surface area is 76.5 Å². The molecule has 0 aliphatic carbocycles. The van der Waals surface area contributed by atoms with E-state index in [4.69, 9.17) is 14.9 Å². The number of nitrogens with zero attached hydrogens (tertiary/aromatic N) is 2. The van der Waals surface area contributed by atoms with Crippen molar-refractivity contribution in [3.05, 3.63) is 5.89 Å². The second-order valence-corrected chi connectivity index (χ2v) is 3.02. The summed E-state index contributed by atoms with van der Waals surface area (Å²) in [5.74, 6) is 1.76. The van der Waals surface area contributed by atoms with Crippen molar-refractivity contribution >= 4 is 11.7 Å². The van der Waals surface area contributed by atoms with Crippen LogP contribution < -0.4 is 10.6 Å². The van der Waals surface area contributed by atoms with Crippen LogP contribution in [0.3, 0.4) is 0 Å². The van der Waals surface area contributed by atoms with E-state index in [2.05, 4.69) is 9.88 Å². The van der Waals surface area contributed by atoms with Gasteiger partial charge in [0.1, 0.15) is 0 Å². The predicted octanol–water partition coefficient (Wildman–Crippen LogP) is 0.402. The Hall–Kier alpha value is -1.23. The number of hydrogen-bond donors (Lipinski definition) is 1. The third-order valence-corrected chi connectivity index (χ3v) is 2.04. The van der Waals surface area contributed by atoms with Crippen molar-refractivity contribution < 1.29 is 9.15 Å². The first kappa shape index (κ1) is 8.37. The molecule has 0 amide bonds. The summed E-state index contributed by atoms with van der Waals surface area (Å²) >= 11 is 0. The lowest BCUT2D eigenvalue weighted by molar-refractivity contribution is 0.120. The molecule has 0 atom stereocenters. The summed E-state index contributed by atoms with van der Waals surface area (Å²) in [5.41, 5.74) is 5.68.